The van der Waals surface area contributed by atoms with Gasteiger partial charge in [-0.05, 0) is 19.8 Å². The molecule has 2 aliphatic rings. The summed E-state index contributed by atoms with van der Waals surface area (Å²) in [6.07, 6.45) is 3.05. The summed E-state index contributed by atoms with van der Waals surface area (Å²) in [5, 5.41) is 4.50. The Labute approximate surface area is 107 Å². The van der Waals surface area contributed by atoms with E-state index in [0.717, 1.165) is 11.6 Å². The molecule has 2 heterocycles. The fraction of sp³-hybridized carbons (Fsp3) is 0.818. The molecular weight excluding hydrogens is 252 g/mol. The SMILES string of the molecule is CCS(=O)(=O)N1CCc2nc(C3CC3)nn2CC1. The van der Waals surface area contributed by atoms with Crippen LogP contribution in [0.1, 0.15) is 37.3 Å². The lowest BCUT2D eigenvalue weighted by atomic mass is 10.4. The van der Waals surface area contributed by atoms with Crippen LogP contribution in [0.25, 0.3) is 0 Å². The van der Waals surface area contributed by atoms with Crippen LogP contribution in [0.2, 0.25) is 0 Å². The van der Waals surface area contributed by atoms with Crippen LogP contribution >= 0.6 is 0 Å². The van der Waals surface area contributed by atoms with Crippen molar-refractivity contribution in [1.82, 2.24) is 19.1 Å². The van der Waals surface area contributed by atoms with E-state index in [1.165, 1.54) is 12.8 Å². The molecule has 0 aromatic carbocycles. The minimum atomic E-state index is -3.09. The molecule has 0 N–H and O–H groups in total. The summed E-state index contributed by atoms with van der Waals surface area (Å²) in [7, 11) is -3.09. The van der Waals surface area contributed by atoms with Crippen LogP contribution < -0.4 is 0 Å². The predicted molar refractivity (Wildman–Crippen MR) is 66.7 cm³/mol. The Kier molecular flexibility index (Phi) is 2.90. The number of sulfonamides is 1. The zero-order valence-electron chi connectivity index (χ0n) is 10.5. The third kappa shape index (κ3) is 2.16. The van der Waals surface area contributed by atoms with Crippen molar-refractivity contribution in [3.8, 4) is 0 Å². The number of nitrogens with zero attached hydrogens (tertiary/aromatic N) is 4. The Morgan fingerprint density at radius 2 is 2.06 bits per heavy atom. The molecule has 18 heavy (non-hydrogen) atoms. The van der Waals surface area contributed by atoms with Gasteiger partial charge in [-0.15, -0.1) is 0 Å². The molecule has 0 saturated heterocycles. The van der Waals surface area contributed by atoms with Crippen LogP contribution in [-0.4, -0.2) is 46.3 Å². The molecule has 1 aromatic heterocycles. The van der Waals surface area contributed by atoms with Gasteiger partial charge in [0, 0.05) is 25.4 Å². The number of aromatic nitrogens is 3. The minimum Gasteiger partial charge on any atom is -0.248 e. The maximum Gasteiger partial charge on any atom is 0.213 e. The number of rotatable bonds is 3. The van der Waals surface area contributed by atoms with Gasteiger partial charge in [0.25, 0.3) is 0 Å². The molecule has 0 atom stereocenters. The topological polar surface area (TPSA) is 68.1 Å². The molecule has 0 amide bonds. The maximum atomic E-state index is 11.8. The Morgan fingerprint density at radius 3 is 2.72 bits per heavy atom. The van der Waals surface area contributed by atoms with E-state index in [-0.39, 0.29) is 5.75 Å². The second-order valence-electron chi connectivity index (χ2n) is 4.93. The van der Waals surface area contributed by atoms with E-state index >= 15 is 0 Å². The standard InChI is InChI=1S/C11H18N4O2S/c1-2-18(16,17)14-6-5-10-12-11(9-3-4-9)13-15(10)8-7-14/h9H,2-8H2,1H3. The number of hydrogen-bond acceptors (Lipinski definition) is 4. The molecule has 1 saturated carbocycles. The Hall–Kier alpha value is -0.950. The molecular formula is C11H18N4O2S. The van der Waals surface area contributed by atoms with Crippen molar-refractivity contribution in [3.63, 3.8) is 0 Å². The third-order valence-electron chi connectivity index (χ3n) is 3.61. The summed E-state index contributed by atoms with van der Waals surface area (Å²) < 4.78 is 27.1. The molecule has 7 heteroatoms. The van der Waals surface area contributed by atoms with E-state index in [4.69, 9.17) is 0 Å². The van der Waals surface area contributed by atoms with E-state index in [9.17, 15) is 8.42 Å². The summed E-state index contributed by atoms with van der Waals surface area (Å²) in [6.45, 7) is 3.34. The first-order valence-corrected chi connectivity index (χ1v) is 8.12. The van der Waals surface area contributed by atoms with Crippen molar-refractivity contribution in [2.24, 2.45) is 0 Å². The second kappa shape index (κ2) is 4.31. The smallest absolute Gasteiger partial charge is 0.213 e. The highest BCUT2D eigenvalue weighted by Gasteiger charge is 2.30. The van der Waals surface area contributed by atoms with Gasteiger partial charge in [-0.25, -0.2) is 18.1 Å². The van der Waals surface area contributed by atoms with Crippen LogP contribution in [0.15, 0.2) is 0 Å². The molecule has 0 bridgehead atoms. The molecule has 1 aromatic rings. The summed E-state index contributed by atoms with van der Waals surface area (Å²) in [6, 6.07) is 0. The summed E-state index contributed by atoms with van der Waals surface area (Å²) in [5.74, 6) is 2.61. The fourth-order valence-electron chi connectivity index (χ4n) is 2.28. The first-order valence-electron chi connectivity index (χ1n) is 6.51. The van der Waals surface area contributed by atoms with Crippen molar-refractivity contribution >= 4 is 10.0 Å². The fourth-order valence-corrected chi connectivity index (χ4v) is 3.37. The molecule has 100 valence electrons. The molecule has 0 radical (unpaired) electrons. The van der Waals surface area contributed by atoms with Crippen molar-refractivity contribution in [2.75, 3.05) is 18.8 Å². The van der Waals surface area contributed by atoms with E-state index in [2.05, 4.69) is 10.1 Å². The highest BCUT2D eigenvalue weighted by molar-refractivity contribution is 7.89. The summed E-state index contributed by atoms with van der Waals surface area (Å²) in [5.41, 5.74) is 0. The van der Waals surface area contributed by atoms with Gasteiger partial charge in [0.1, 0.15) is 5.82 Å². The van der Waals surface area contributed by atoms with Crippen molar-refractivity contribution in [2.45, 2.75) is 38.6 Å². The van der Waals surface area contributed by atoms with E-state index in [0.29, 0.717) is 32.0 Å². The van der Waals surface area contributed by atoms with E-state index in [1.807, 2.05) is 4.68 Å². The predicted octanol–water partition coefficient (Wildman–Crippen LogP) is 0.363. The van der Waals surface area contributed by atoms with Gasteiger partial charge in [-0.1, -0.05) is 0 Å². The number of fused-ring (bicyclic) bond motifs is 1. The largest absolute Gasteiger partial charge is 0.248 e. The quantitative estimate of drug-likeness (QED) is 0.795. The highest BCUT2D eigenvalue weighted by Crippen LogP contribution is 2.38. The number of hydrogen-bond donors (Lipinski definition) is 0. The van der Waals surface area contributed by atoms with Crippen LogP contribution in [-0.2, 0) is 23.0 Å². The molecule has 3 rings (SSSR count). The normalized spacial score (nSPS) is 21.6. The molecule has 1 aliphatic heterocycles. The maximum absolute atomic E-state index is 11.8. The molecule has 0 unspecified atom stereocenters. The van der Waals surface area contributed by atoms with Gasteiger partial charge < -0.3 is 0 Å². The van der Waals surface area contributed by atoms with Gasteiger partial charge >= 0.3 is 0 Å². The Bertz CT molecular complexity index is 522. The van der Waals surface area contributed by atoms with Crippen molar-refractivity contribution in [3.05, 3.63) is 11.6 Å². The Morgan fingerprint density at radius 1 is 1.28 bits per heavy atom. The third-order valence-corrected chi connectivity index (χ3v) is 5.49. The van der Waals surface area contributed by atoms with Crippen molar-refractivity contribution < 1.29 is 8.42 Å². The lowest BCUT2D eigenvalue weighted by Gasteiger charge is -2.18. The average Bonchev–Trinajstić information content (AvgIpc) is 3.14. The van der Waals surface area contributed by atoms with Gasteiger partial charge in [0.15, 0.2) is 5.82 Å². The first-order chi connectivity index (χ1) is 8.60. The van der Waals surface area contributed by atoms with Crippen LogP contribution in [0.3, 0.4) is 0 Å². The highest BCUT2D eigenvalue weighted by atomic mass is 32.2. The van der Waals surface area contributed by atoms with Gasteiger partial charge in [0.05, 0.1) is 12.3 Å². The average molecular weight is 270 g/mol. The minimum absolute atomic E-state index is 0.163. The van der Waals surface area contributed by atoms with Gasteiger partial charge in [-0.2, -0.15) is 9.40 Å². The lowest BCUT2D eigenvalue weighted by molar-refractivity contribution is 0.409. The van der Waals surface area contributed by atoms with E-state index < -0.39 is 10.0 Å². The molecule has 1 aliphatic carbocycles. The van der Waals surface area contributed by atoms with E-state index in [1.54, 1.807) is 11.2 Å². The zero-order chi connectivity index (χ0) is 12.8. The van der Waals surface area contributed by atoms with Crippen LogP contribution in [0.4, 0.5) is 0 Å². The Balaban J connectivity index is 1.77. The van der Waals surface area contributed by atoms with Crippen LogP contribution in [0, 0.1) is 0 Å². The molecule has 0 spiro atoms. The molecule has 6 nitrogen and oxygen atoms in total. The lowest BCUT2D eigenvalue weighted by Crippen LogP contribution is -2.34. The van der Waals surface area contributed by atoms with Crippen LogP contribution in [0.5, 0.6) is 0 Å². The molecule has 1 fully saturated rings. The first kappa shape index (κ1) is 12.1. The monoisotopic (exact) mass is 270 g/mol. The summed E-state index contributed by atoms with van der Waals surface area (Å²) in [4.78, 5) is 4.55. The second-order valence-corrected chi connectivity index (χ2v) is 7.19. The zero-order valence-corrected chi connectivity index (χ0v) is 11.4. The van der Waals surface area contributed by atoms with Gasteiger partial charge in [0.2, 0.25) is 10.0 Å². The van der Waals surface area contributed by atoms with Crippen molar-refractivity contribution in [1.29, 1.82) is 0 Å². The van der Waals surface area contributed by atoms with Gasteiger partial charge in [-0.3, -0.25) is 0 Å². The summed E-state index contributed by atoms with van der Waals surface area (Å²) >= 11 is 0.